The first-order valence-electron chi connectivity index (χ1n) is 9.34. The van der Waals surface area contributed by atoms with Gasteiger partial charge in [-0.3, -0.25) is 4.79 Å². The molecule has 0 aromatic heterocycles. The number of aliphatic hydroxyl groups is 1. The predicted octanol–water partition coefficient (Wildman–Crippen LogP) is 3.30. The van der Waals surface area contributed by atoms with Crippen molar-refractivity contribution in [3.05, 3.63) is 35.9 Å². The van der Waals surface area contributed by atoms with Crippen LogP contribution in [0.25, 0.3) is 0 Å². The third-order valence-corrected chi connectivity index (χ3v) is 4.02. The van der Waals surface area contributed by atoms with Gasteiger partial charge < -0.3 is 20.1 Å². The molecule has 1 atom stereocenters. The summed E-state index contributed by atoms with van der Waals surface area (Å²) in [5.74, 6) is -0.0523. The number of rotatable bonds is 11. The lowest BCUT2D eigenvalue weighted by atomic mass is 10.0. The summed E-state index contributed by atoms with van der Waals surface area (Å²) in [6.45, 7) is 6.33. The van der Waals surface area contributed by atoms with Gasteiger partial charge in [0.15, 0.2) is 0 Å². The summed E-state index contributed by atoms with van der Waals surface area (Å²) in [6.07, 6.45) is 2.72. The number of amides is 2. The fourth-order valence-corrected chi connectivity index (χ4v) is 2.62. The largest absolute Gasteiger partial charge is 0.445 e. The van der Waals surface area contributed by atoms with Gasteiger partial charge in [0, 0.05) is 6.54 Å². The molecule has 1 rings (SSSR count). The van der Waals surface area contributed by atoms with E-state index in [9.17, 15) is 14.7 Å². The third-order valence-electron chi connectivity index (χ3n) is 4.02. The monoisotopic (exact) mass is 364 g/mol. The van der Waals surface area contributed by atoms with E-state index in [0.29, 0.717) is 13.0 Å². The van der Waals surface area contributed by atoms with Crippen LogP contribution < -0.4 is 5.32 Å². The number of ether oxygens (including phenoxy) is 1. The summed E-state index contributed by atoms with van der Waals surface area (Å²) in [5.41, 5.74) is 0.880. The van der Waals surface area contributed by atoms with Crippen molar-refractivity contribution in [3.8, 4) is 0 Å². The summed E-state index contributed by atoms with van der Waals surface area (Å²) >= 11 is 0. The first kappa shape index (κ1) is 22.0. The van der Waals surface area contributed by atoms with Crippen LogP contribution in [0.3, 0.4) is 0 Å². The molecular weight excluding hydrogens is 332 g/mol. The highest BCUT2D eigenvalue weighted by molar-refractivity contribution is 5.85. The van der Waals surface area contributed by atoms with Gasteiger partial charge in [-0.2, -0.15) is 0 Å². The molecule has 0 aliphatic heterocycles. The molecule has 0 unspecified atom stereocenters. The molecule has 2 N–H and O–H groups in total. The van der Waals surface area contributed by atoms with Crippen LogP contribution in [0.4, 0.5) is 4.79 Å². The van der Waals surface area contributed by atoms with Gasteiger partial charge in [0.25, 0.3) is 0 Å². The molecule has 0 radical (unpaired) electrons. The van der Waals surface area contributed by atoms with Gasteiger partial charge in [-0.15, -0.1) is 0 Å². The van der Waals surface area contributed by atoms with Gasteiger partial charge in [-0.25, -0.2) is 4.79 Å². The Hall–Kier alpha value is -2.08. The van der Waals surface area contributed by atoms with Crippen molar-refractivity contribution < 1.29 is 19.4 Å². The predicted molar refractivity (Wildman–Crippen MR) is 101 cm³/mol. The zero-order valence-corrected chi connectivity index (χ0v) is 16.1. The second-order valence-corrected chi connectivity index (χ2v) is 6.84. The number of nitrogens with one attached hydrogen (secondary N) is 1. The number of unbranched alkanes of at least 4 members (excludes halogenated alkanes) is 2. The summed E-state index contributed by atoms with van der Waals surface area (Å²) in [4.78, 5) is 26.2. The number of aliphatic hydroxyl groups excluding tert-OH is 1. The molecule has 0 fully saturated rings. The van der Waals surface area contributed by atoms with Crippen molar-refractivity contribution in [2.45, 2.75) is 59.1 Å². The lowest BCUT2D eigenvalue weighted by Crippen LogP contribution is -2.49. The molecule has 146 valence electrons. The van der Waals surface area contributed by atoms with E-state index in [4.69, 9.17) is 4.74 Å². The Labute approximate surface area is 156 Å². The summed E-state index contributed by atoms with van der Waals surface area (Å²) in [5, 5.41) is 12.2. The van der Waals surface area contributed by atoms with Crippen molar-refractivity contribution >= 4 is 12.0 Å². The maximum Gasteiger partial charge on any atom is 0.408 e. The van der Waals surface area contributed by atoms with E-state index in [0.717, 1.165) is 24.8 Å². The number of benzene rings is 1. The van der Waals surface area contributed by atoms with Crippen LogP contribution in [0.2, 0.25) is 0 Å². The Balaban J connectivity index is 2.62. The Morgan fingerprint density at radius 1 is 1.19 bits per heavy atom. The molecule has 6 heteroatoms. The minimum absolute atomic E-state index is 0.148. The van der Waals surface area contributed by atoms with Crippen molar-refractivity contribution in [2.75, 3.05) is 13.3 Å². The van der Waals surface area contributed by atoms with Crippen molar-refractivity contribution in [2.24, 2.45) is 5.92 Å². The Morgan fingerprint density at radius 3 is 2.46 bits per heavy atom. The average molecular weight is 364 g/mol. The summed E-state index contributed by atoms with van der Waals surface area (Å²) in [7, 11) is 0. The molecule has 26 heavy (non-hydrogen) atoms. The number of carbonyl (C=O) groups excluding carboxylic acids is 2. The van der Waals surface area contributed by atoms with Crippen LogP contribution in [-0.2, 0) is 16.1 Å². The van der Waals surface area contributed by atoms with Crippen molar-refractivity contribution in [1.29, 1.82) is 0 Å². The van der Waals surface area contributed by atoms with E-state index in [1.54, 1.807) is 0 Å². The van der Waals surface area contributed by atoms with E-state index in [1.165, 1.54) is 4.90 Å². The summed E-state index contributed by atoms with van der Waals surface area (Å²) in [6, 6.07) is 8.67. The van der Waals surface area contributed by atoms with Crippen LogP contribution in [0, 0.1) is 5.92 Å². The first-order chi connectivity index (χ1) is 12.5. The summed E-state index contributed by atoms with van der Waals surface area (Å²) < 4.78 is 5.22. The minimum Gasteiger partial charge on any atom is -0.445 e. The molecular formula is C20H32N2O4. The molecule has 0 spiro atoms. The minimum atomic E-state index is -0.702. The highest BCUT2D eigenvalue weighted by Crippen LogP contribution is 2.10. The highest BCUT2D eigenvalue weighted by Gasteiger charge is 2.26. The van der Waals surface area contributed by atoms with E-state index < -0.39 is 12.1 Å². The van der Waals surface area contributed by atoms with E-state index in [1.807, 2.05) is 44.2 Å². The standard InChI is InChI=1S/C20H32N2O4/c1-4-5-9-12-22(15-23)19(24)18(13-16(2)3)21-20(25)26-14-17-10-7-6-8-11-17/h6-8,10-11,16,18,23H,4-5,9,12-15H2,1-3H3,(H,21,25)/t18-/m0/s1. The maximum atomic E-state index is 12.7. The van der Waals surface area contributed by atoms with Crippen molar-refractivity contribution in [1.82, 2.24) is 10.2 Å². The normalized spacial score (nSPS) is 11.9. The molecule has 1 aromatic carbocycles. The molecule has 0 aliphatic rings. The Bertz CT molecular complexity index is 534. The molecule has 0 saturated heterocycles. The van der Waals surface area contributed by atoms with Crippen LogP contribution in [0.5, 0.6) is 0 Å². The zero-order valence-electron chi connectivity index (χ0n) is 16.1. The van der Waals surface area contributed by atoms with Gasteiger partial charge in [0.2, 0.25) is 5.91 Å². The molecule has 0 aliphatic carbocycles. The zero-order chi connectivity index (χ0) is 19.4. The van der Waals surface area contributed by atoms with Gasteiger partial charge in [0.05, 0.1) is 0 Å². The van der Waals surface area contributed by atoms with Crippen LogP contribution in [0.1, 0.15) is 52.0 Å². The van der Waals surface area contributed by atoms with Crippen LogP contribution in [0.15, 0.2) is 30.3 Å². The lowest BCUT2D eigenvalue weighted by molar-refractivity contribution is -0.137. The van der Waals surface area contributed by atoms with Crippen molar-refractivity contribution in [3.63, 3.8) is 0 Å². The van der Waals surface area contributed by atoms with Crippen LogP contribution in [-0.4, -0.2) is 41.3 Å². The van der Waals surface area contributed by atoms with Gasteiger partial charge in [-0.1, -0.05) is 63.9 Å². The Kier molecular flexibility index (Phi) is 10.4. The first-order valence-corrected chi connectivity index (χ1v) is 9.34. The molecule has 0 bridgehead atoms. The molecule has 6 nitrogen and oxygen atoms in total. The Morgan fingerprint density at radius 2 is 1.88 bits per heavy atom. The van der Waals surface area contributed by atoms with E-state index in [2.05, 4.69) is 12.2 Å². The maximum absolute atomic E-state index is 12.7. The van der Waals surface area contributed by atoms with Gasteiger partial charge in [-0.05, 0) is 24.3 Å². The average Bonchev–Trinajstić information content (AvgIpc) is 2.63. The molecule has 1 aromatic rings. The number of alkyl carbamates (subject to hydrolysis) is 1. The van der Waals surface area contributed by atoms with Crippen LogP contribution >= 0.6 is 0 Å². The smallest absolute Gasteiger partial charge is 0.408 e. The molecule has 0 heterocycles. The number of hydrogen-bond donors (Lipinski definition) is 2. The van der Waals surface area contributed by atoms with E-state index >= 15 is 0 Å². The number of carbonyl (C=O) groups is 2. The van der Waals surface area contributed by atoms with E-state index in [-0.39, 0.29) is 25.2 Å². The second kappa shape index (κ2) is 12.3. The third kappa shape index (κ3) is 8.34. The second-order valence-electron chi connectivity index (χ2n) is 6.84. The molecule has 2 amide bonds. The fourth-order valence-electron chi connectivity index (χ4n) is 2.62. The van der Waals surface area contributed by atoms with Gasteiger partial charge >= 0.3 is 6.09 Å². The van der Waals surface area contributed by atoms with Gasteiger partial charge in [0.1, 0.15) is 19.4 Å². The molecule has 0 saturated carbocycles. The number of nitrogens with zero attached hydrogens (tertiary/aromatic N) is 1. The quantitative estimate of drug-likeness (QED) is 0.466. The fraction of sp³-hybridized carbons (Fsp3) is 0.600. The highest BCUT2D eigenvalue weighted by atomic mass is 16.5. The number of hydrogen-bond acceptors (Lipinski definition) is 4. The topological polar surface area (TPSA) is 78.9 Å². The lowest BCUT2D eigenvalue weighted by Gasteiger charge is -2.27. The SMILES string of the molecule is CCCCCN(CO)C(=O)[C@H](CC(C)C)NC(=O)OCc1ccccc1.